The average Bonchev–Trinajstić information content (AvgIpc) is 3.23. The first-order chi connectivity index (χ1) is 28.7. The Morgan fingerprint density at radius 2 is 0.776 bits per heavy atom. The lowest BCUT2D eigenvalue weighted by atomic mass is 10.0. The van der Waals surface area contributed by atoms with Crippen molar-refractivity contribution in [2.45, 2.75) is 244 Å². The Morgan fingerprint density at radius 1 is 0.431 bits per heavy atom. The predicted octanol–water partition coefficient (Wildman–Crippen LogP) is 16.0. The molecule has 0 aromatic carbocycles. The summed E-state index contributed by atoms with van der Waals surface area (Å²) in [4.78, 5) is 12.4. The number of rotatable bonds is 44. The summed E-state index contributed by atoms with van der Waals surface area (Å²) in [6, 6.07) is -0.638. The van der Waals surface area contributed by atoms with E-state index in [0.717, 1.165) is 64.2 Å². The number of amides is 1. The summed E-state index contributed by atoms with van der Waals surface area (Å²) < 4.78 is 0. The summed E-state index contributed by atoms with van der Waals surface area (Å²) in [6.45, 7) is 4.13. The maximum Gasteiger partial charge on any atom is 0.220 e. The molecule has 3 N–H and O–H groups in total. The van der Waals surface area contributed by atoms with Crippen LogP contribution in [0.3, 0.4) is 0 Å². The zero-order valence-electron chi connectivity index (χ0n) is 38.3. The van der Waals surface area contributed by atoms with Crippen molar-refractivity contribution in [2.75, 3.05) is 6.61 Å². The molecule has 0 fully saturated rings. The summed E-state index contributed by atoms with van der Waals surface area (Å²) in [5.41, 5.74) is 0. The summed E-state index contributed by atoms with van der Waals surface area (Å²) in [5, 5.41) is 22.9. The first-order valence-corrected chi connectivity index (χ1v) is 24.8. The largest absolute Gasteiger partial charge is 0.394 e. The van der Waals surface area contributed by atoms with Crippen LogP contribution in [0.5, 0.6) is 0 Å². The highest BCUT2D eigenvalue weighted by molar-refractivity contribution is 5.76. The van der Waals surface area contributed by atoms with E-state index in [2.05, 4.69) is 92.1 Å². The van der Waals surface area contributed by atoms with Gasteiger partial charge in [0.2, 0.25) is 5.91 Å². The van der Waals surface area contributed by atoms with Crippen molar-refractivity contribution in [2.24, 2.45) is 0 Å². The van der Waals surface area contributed by atoms with Gasteiger partial charge in [0.1, 0.15) is 0 Å². The lowest BCUT2D eigenvalue weighted by Gasteiger charge is -2.19. The van der Waals surface area contributed by atoms with E-state index < -0.39 is 12.1 Å². The molecule has 1 amide bonds. The zero-order valence-corrected chi connectivity index (χ0v) is 38.3. The van der Waals surface area contributed by atoms with E-state index in [4.69, 9.17) is 0 Å². The molecule has 0 aliphatic heterocycles. The van der Waals surface area contributed by atoms with Gasteiger partial charge in [-0.2, -0.15) is 0 Å². The molecule has 0 heterocycles. The van der Waals surface area contributed by atoms with Gasteiger partial charge in [-0.05, 0) is 77.0 Å². The highest BCUT2D eigenvalue weighted by Gasteiger charge is 2.17. The maximum absolute atomic E-state index is 12.4. The smallest absolute Gasteiger partial charge is 0.220 e. The van der Waals surface area contributed by atoms with Gasteiger partial charge in [-0.25, -0.2) is 0 Å². The van der Waals surface area contributed by atoms with Gasteiger partial charge in [-0.15, -0.1) is 0 Å². The van der Waals surface area contributed by atoms with E-state index in [-0.39, 0.29) is 12.5 Å². The maximum atomic E-state index is 12.4. The number of unbranched alkanes of at least 4 members (excludes halogenated alkanes) is 25. The van der Waals surface area contributed by atoms with Crippen molar-refractivity contribution in [1.29, 1.82) is 0 Å². The minimum atomic E-state index is -0.861. The minimum Gasteiger partial charge on any atom is -0.394 e. The third-order valence-electron chi connectivity index (χ3n) is 10.9. The second kappa shape index (κ2) is 48.9. The summed E-state index contributed by atoms with van der Waals surface area (Å²) >= 11 is 0. The van der Waals surface area contributed by atoms with Crippen LogP contribution < -0.4 is 5.32 Å². The van der Waals surface area contributed by atoms with Crippen molar-refractivity contribution < 1.29 is 15.0 Å². The fourth-order valence-corrected chi connectivity index (χ4v) is 7.10. The van der Waals surface area contributed by atoms with Gasteiger partial charge >= 0.3 is 0 Å². The molecule has 0 saturated carbocycles. The molecular weight excluding hydrogens is 711 g/mol. The summed E-state index contributed by atoms with van der Waals surface area (Å²) in [6.07, 6.45) is 71.7. The van der Waals surface area contributed by atoms with Gasteiger partial charge in [-0.3, -0.25) is 4.79 Å². The molecule has 0 aliphatic rings. The first-order valence-electron chi connectivity index (χ1n) is 24.8. The molecular formula is C54H95NO3. The molecule has 4 heteroatoms. The quantitative estimate of drug-likeness (QED) is 0.0424. The number of nitrogens with one attached hydrogen (secondary N) is 1. The van der Waals surface area contributed by atoms with Gasteiger partial charge in [-0.1, -0.05) is 234 Å². The normalized spacial score (nSPS) is 13.7. The molecule has 0 aliphatic carbocycles. The first kappa shape index (κ1) is 55.6. The Labute approximate surface area is 361 Å². The van der Waals surface area contributed by atoms with Crippen molar-refractivity contribution in [3.8, 4) is 0 Å². The molecule has 334 valence electrons. The second-order valence-electron chi connectivity index (χ2n) is 16.5. The fraction of sp³-hybridized carbons (Fsp3) is 0.722. The van der Waals surface area contributed by atoms with E-state index >= 15 is 0 Å². The molecule has 0 rings (SSSR count). The number of hydrogen-bond donors (Lipinski definition) is 3. The number of allylic oxidation sites excluding steroid dienone is 13. The van der Waals surface area contributed by atoms with Gasteiger partial charge in [0, 0.05) is 6.42 Å². The molecule has 0 aromatic heterocycles. The molecule has 0 spiro atoms. The lowest BCUT2D eigenvalue weighted by Crippen LogP contribution is -2.45. The van der Waals surface area contributed by atoms with Gasteiger partial charge < -0.3 is 15.5 Å². The summed E-state index contributed by atoms with van der Waals surface area (Å²) in [7, 11) is 0. The Kier molecular flexibility index (Phi) is 46.9. The fourth-order valence-electron chi connectivity index (χ4n) is 7.10. The van der Waals surface area contributed by atoms with E-state index in [1.165, 1.54) is 148 Å². The van der Waals surface area contributed by atoms with Crippen molar-refractivity contribution in [3.63, 3.8) is 0 Å². The second-order valence-corrected chi connectivity index (χ2v) is 16.5. The Bertz CT molecular complexity index is 1050. The minimum absolute atomic E-state index is 0.0768. The number of carbonyl (C=O) groups excluding carboxylic acids is 1. The number of aliphatic hydroxyl groups is 2. The average molecular weight is 806 g/mol. The molecule has 0 radical (unpaired) electrons. The SMILES string of the molecule is CC/C=C\C/C=C\C/C=C\C/C=C\C/C=C\CCCCCCCCCCCCCCCCCCCCCCCC(=O)NC(CO)C(O)/C=C/CC/C=C/CCCCC. The predicted molar refractivity (Wildman–Crippen MR) is 257 cm³/mol. The van der Waals surface area contributed by atoms with Crippen LogP contribution in [-0.4, -0.2) is 34.9 Å². The molecule has 4 nitrogen and oxygen atoms in total. The van der Waals surface area contributed by atoms with Crippen molar-refractivity contribution in [3.05, 3.63) is 85.1 Å². The van der Waals surface area contributed by atoms with Crippen molar-refractivity contribution >= 4 is 5.91 Å². The van der Waals surface area contributed by atoms with Gasteiger partial charge in [0.05, 0.1) is 18.8 Å². The Morgan fingerprint density at radius 3 is 1.21 bits per heavy atom. The van der Waals surface area contributed by atoms with Gasteiger partial charge in [0.25, 0.3) is 0 Å². The zero-order chi connectivity index (χ0) is 42.1. The van der Waals surface area contributed by atoms with Crippen LogP contribution in [0.25, 0.3) is 0 Å². The van der Waals surface area contributed by atoms with Crippen LogP contribution >= 0.6 is 0 Å². The molecule has 2 unspecified atom stereocenters. The van der Waals surface area contributed by atoms with Crippen LogP contribution in [0.4, 0.5) is 0 Å². The van der Waals surface area contributed by atoms with E-state index in [1.54, 1.807) is 6.08 Å². The molecule has 2 atom stereocenters. The van der Waals surface area contributed by atoms with Crippen molar-refractivity contribution in [1.82, 2.24) is 5.32 Å². The van der Waals surface area contributed by atoms with Crippen LogP contribution in [0.2, 0.25) is 0 Å². The highest BCUT2D eigenvalue weighted by atomic mass is 16.3. The van der Waals surface area contributed by atoms with Crippen LogP contribution in [0.15, 0.2) is 85.1 Å². The Hall–Kier alpha value is -2.43. The van der Waals surface area contributed by atoms with E-state index in [0.29, 0.717) is 6.42 Å². The Balaban J connectivity index is 3.43. The standard InChI is InChI=1S/C54H95NO3/c1-3-5-7-9-11-13-14-15-16-17-18-19-20-21-22-23-24-25-26-27-28-29-30-31-32-33-34-35-36-37-38-39-40-42-44-46-48-50-54(58)55-52(51-56)53(57)49-47-45-43-41-12-10-8-6-4-2/h5,7,11-13,15-16,18-19,21-22,41,47,49,52-53,56-57H,3-4,6,8-10,14,17,20,23-40,42-46,48,50-51H2,1-2H3,(H,55,58)/b7-5-,13-11-,16-15-,19-18-,22-21-,41-12+,49-47+. The number of aliphatic hydroxyl groups excluding tert-OH is 2. The molecule has 0 aromatic rings. The van der Waals surface area contributed by atoms with Crippen LogP contribution in [-0.2, 0) is 4.79 Å². The van der Waals surface area contributed by atoms with Crippen LogP contribution in [0, 0.1) is 0 Å². The lowest BCUT2D eigenvalue weighted by molar-refractivity contribution is -0.123. The monoisotopic (exact) mass is 806 g/mol. The summed E-state index contributed by atoms with van der Waals surface area (Å²) in [5.74, 6) is -0.0768. The third-order valence-corrected chi connectivity index (χ3v) is 10.9. The molecule has 0 saturated heterocycles. The highest BCUT2D eigenvalue weighted by Crippen LogP contribution is 2.16. The van der Waals surface area contributed by atoms with Crippen LogP contribution in [0.1, 0.15) is 232 Å². The molecule has 58 heavy (non-hydrogen) atoms. The van der Waals surface area contributed by atoms with Gasteiger partial charge in [0.15, 0.2) is 0 Å². The molecule has 0 bridgehead atoms. The van der Waals surface area contributed by atoms with E-state index in [1.807, 2.05) is 6.08 Å². The number of carbonyl (C=O) groups is 1. The van der Waals surface area contributed by atoms with E-state index in [9.17, 15) is 15.0 Å². The third kappa shape index (κ3) is 44.7. The topological polar surface area (TPSA) is 69.6 Å². The number of hydrogen-bond acceptors (Lipinski definition) is 3.